The fraction of sp³-hybridized carbons (Fsp3) is 0.250. The zero-order valence-electron chi connectivity index (χ0n) is 13.6. The van der Waals surface area contributed by atoms with Crippen molar-refractivity contribution in [2.24, 2.45) is 0 Å². The van der Waals surface area contributed by atoms with Crippen molar-refractivity contribution in [2.45, 2.75) is 30.8 Å². The van der Waals surface area contributed by atoms with E-state index in [4.69, 9.17) is 4.98 Å². The summed E-state index contributed by atoms with van der Waals surface area (Å²) in [5.41, 5.74) is 0.871. The lowest BCUT2D eigenvalue weighted by molar-refractivity contribution is 0.679. The Labute approximate surface area is 156 Å². The van der Waals surface area contributed by atoms with Crippen LogP contribution in [0, 0.1) is 0 Å². The van der Waals surface area contributed by atoms with Crippen LogP contribution in [0.1, 0.15) is 24.9 Å². The Morgan fingerprint density at radius 1 is 1.40 bits per heavy atom. The third kappa shape index (κ3) is 3.03. The van der Waals surface area contributed by atoms with Crippen molar-refractivity contribution in [3.05, 3.63) is 45.4 Å². The standard InChI is InChI=1S/C16H15N5OS3/c1-3-21-8-17-20-16(21)25-9(2)13-18-14(22)12-10(7-24-15(12)19-13)11-5-4-6-23-11/h4-9H,3H2,1-2H3,(H,18,19,22)/t9-/m0/s1. The van der Waals surface area contributed by atoms with Crippen LogP contribution >= 0.6 is 34.4 Å². The number of thioether (sulfide) groups is 1. The quantitative estimate of drug-likeness (QED) is 0.518. The Morgan fingerprint density at radius 2 is 2.28 bits per heavy atom. The summed E-state index contributed by atoms with van der Waals surface area (Å²) in [5, 5.41) is 13.6. The molecule has 4 heterocycles. The topological polar surface area (TPSA) is 76.5 Å². The van der Waals surface area contributed by atoms with E-state index in [2.05, 4.69) is 15.2 Å². The summed E-state index contributed by atoms with van der Waals surface area (Å²) in [5.74, 6) is 0.660. The molecule has 6 nitrogen and oxygen atoms in total. The molecule has 0 saturated carbocycles. The van der Waals surface area contributed by atoms with Gasteiger partial charge in [0, 0.05) is 22.4 Å². The number of hydrogen-bond acceptors (Lipinski definition) is 7. The van der Waals surface area contributed by atoms with Crippen LogP contribution in [0.2, 0.25) is 0 Å². The van der Waals surface area contributed by atoms with E-state index in [0.29, 0.717) is 11.2 Å². The average molecular weight is 390 g/mol. The van der Waals surface area contributed by atoms with E-state index in [1.807, 2.05) is 41.3 Å². The van der Waals surface area contributed by atoms with Gasteiger partial charge in [0.05, 0.1) is 10.6 Å². The van der Waals surface area contributed by atoms with Crippen LogP contribution in [0.15, 0.2) is 39.2 Å². The van der Waals surface area contributed by atoms with Crippen molar-refractivity contribution < 1.29 is 0 Å². The first-order chi connectivity index (χ1) is 12.2. The summed E-state index contributed by atoms with van der Waals surface area (Å²) < 4.78 is 1.97. The summed E-state index contributed by atoms with van der Waals surface area (Å²) in [4.78, 5) is 22.2. The van der Waals surface area contributed by atoms with Crippen molar-refractivity contribution in [3.8, 4) is 10.4 Å². The highest BCUT2D eigenvalue weighted by Gasteiger charge is 2.18. The molecule has 1 N–H and O–H groups in total. The number of thiophene rings is 2. The fourth-order valence-electron chi connectivity index (χ4n) is 2.54. The summed E-state index contributed by atoms with van der Waals surface area (Å²) in [6.07, 6.45) is 1.71. The van der Waals surface area contributed by atoms with E-state index in [9.17, 15) is 4.79 Å². The van der Waals surface area contributed by atoms with Gasteiger partial charge in [0.25, 0.3) is 5.56 Å². The van der Waals surface area contributed by atoms with Gasteiger partial charge in [-0.25, -0.2) is 4.98 Å². The predicted molar refractivity (Wildman–Crippen MR) is 104 cm³/mol. The van der Waals surface area contributed by atoms with Crippen LogP contribution in [0.4, 0.5) is 0 Å². The number of H-pyrrole nitrogens is 1. The van der Waals surface area contributed by atoms with Crippen LogP contribution < -0.4 is 5.56 Å². The second kappa shape index (κ2) is 6.74. The minimum atomic E-state index is -0.0888. The van der Waals surface area contributed by atoms with Gasteiger partial charge in [-0.2, -0.15) is 0 Å². The maximum Gasteiger partial charge on any atom is 0.260 e. The van der Waals surface area contributed by atoms with E-state index in [1.165, 1.54) is 23.1 Å². The third-order valence-electron chi connectivity index (χ3n) is 3.84. The molecule has 0 spiro atoms. The molecular formula is C16H15N5OS3. The molecule has 0 fully saturated rings. The molecule has 0 aliphatic rings. The van der Waals surface area contributed by atoms with Crippen molar-refractivity contribution in [2.75, 3.05) is 0 Å². The lowest BCUT2D eigenvalue weighted by Gasteiger charge is -2.10. The Hall–Kier alpha value is -1.97. The summed E-state index contributed by atoms with van der Waals surface area (Å²) in [6.45, 7) is 4.86. The predicted octanol–water partition coefficient (Wildman–Crippen LogP) is 4.18. The van der Waals surface area contributed by atoms with Gasteiger partial charge in [-0.1, -0.05) is 17.8 Å². The van der Waals surface area contributed by atoms with E-state index in [1.54, 1.807) is 17.7 Å². The zero-order chi connectivity index (χ0) is 17.4. The first-order valence-electron chi connectivity index (χ1n) is 7.77. The smallest absolute Gasteiger partial charge is 0.260 e. The average Bonchev–Trinajstić information content (AvgIpc) is 3.34. The molecule has 0 unspecified atom stereocenters. The van der Waals surface area contributed by atoms with Gasteiger partial charge in [-0.15, -0.1) is 32.9 Å². The van der Waals surface area contributed by atoms with Crippen molar-refractivity contribution in [1.82, 2.24) is 24.7 Å². The molecule has 1 atom stereocenters. The van der Waals surface area contributed by atoms with E-state index in [0.717, 1.165) is 27.0 Å². The molecule has 0 aliphatic carbocycles. The van der Waals surface area contributed by atoms with Crippen LogP contribution in [-0.4, -0.2) is 24.7 Å². The summed E-state index contributed by atoms with van der Waals surface area (Å²) in [6, 6.07) is 4.01. The van der Waals surface area contributed by atoms with Gasteiger partial charge in [-0.05, 0) is 25.3 Å². The zero-order valence-corrected chi connectivity index (χ0v) is 16.0. The van der Waals surface area contributed by atoms with Gasteiger partial charge in [-0.3, -0.25) is 4.79 Å². The highest BCUT2D eigenvalue weighted by atomic mass is 32.2. The van der Waals surface area contributed by atoms with Gasteiger partial charge < -0.3 is 9.55 Å². The Balaban J connectivity index is 1.71. The molecule has 128 valence electrons. The van der Waals surface area contributed by atoms with Crippen molar-refractivity contribution in [1.29, 1.82) is 0 Å². The first-order valence-corrected chi connectivity index (χ1v) is 10.4. The fourth-order valence-corrected chi connectivity index (χ4v) is 5.25. The van der Waals surface area contributed by atoms with E-state index >= 15 is 0 Å². The molecule has 0 radical (unpaired) electrons. The molecule has 0 amide bonds. The Morgan fingerprint density at radius 3 is 3.04 bits per heavy atom. The molecule has 0 aliphatic heterocycles. The number of aromatic nitrogens is 5. The van der Waals surface area contributed by atoms with E-state index < -0.39 is 0 Å². The van der Waals surface area contributed by atoms with Gasteiger partial charge in [0.15, 0.2) is 5.16 Å². The third-order valence-corrected chi connectivity index (χ3v) is 6.72. The Kier molecular flexibility index (Phi) is 4.45. The van der Waals surface area contributed by atoms with Crippen molar-refractivity contribution in [3.63, 3.8) is 0 Å². The molecule has 0 bridgehead atoms. The highest BCUT2D eigenvalue weighted by molar-refractivity contribution is 7.99. The monoisotopic (exact) mass is 389 g/mol. The van der Waals surface area contributed by atoms with E-state index in [-0.39, 0.29) is 10.8 Å². The van der Waals surface area contributed by atoms with Gasteiger partial charge >= 0.3 is 0 Å². The molecule has 0 saturated heterocycles. The molecule has 4 aromatic rings. The molecule has 4 rings (SSSR count). The second-order valence-corrected chi connectivity index (χ2v) is 8.53. The largest absolute Gasteiger partial charge is 0.309 e. The van der Waals surface area contributed by atoms with Gasteiger partial charge in [0.1, 0.15) is 17.0 Å². The molecule has 4 aromatic heterocycles. The minimum Gasteiger partial charge on any atom is -0.309 e. The summed E-state index contributed by atoms with van der Waals surface area (Å²) >= 11 is 4.67. The first kappa shape index (κ1) is 16.5. The lowest BCUT2D eigenvalue weighted by Crippen LogP contribution is -2.12. The number of rotatable bonds is 5. The molecule has 0 aromatic carbocycles. The SMILES string of the molecule is CCn1cnnc1S[C@@H](C)c1nc2scc(-c3cccs3)c2c(=O)[nH]1. The summed E-state index contributed by atoms with van der Waals surface area (Å²) in [7, 11) is 0. The van der Waals surface area contributed by atoms with Crippen LogP contribution in [0.3, 0.4) is 0 Å². The number of aryl methyl sites for hydroxylation is 1. The van der Waals surface area contributed by atoms with Crippen molar-refractivity contribution >= 4 is 44.7 Å². The molecular weight excluding hydrogens is 374 g/mol. The number of hydrogen-bond donors (Lipinski definition) is 1. The lowest BCUT2D eigenvalue weighted by atomic mass is 10.2. The Bertz CT molecular complexity index is 1060. The second-order valence-electron chi connectivity index (χ2n) is 5.42. The number of fused-ring (bicyclic) bond motifs is 1. The van der Waals surface area contributed by atoms with Gasteiger partial charge in [0.2, 0.25) is 0 Å². The maximum absolute atomic E-state index is 12.7. The highest BCUT2D eigenvalue weighted by Crippen LogP contribution is 2.36. The number of aromatic amines is 1. The van der Waals surface area contributed by atoms with Crippen LogP contribution in [0.25, 0.3) is 20.7 Å². The van der Waals surface area contributed by atoms with Crippen LogP contribution in [-0.2, 0) is 6.54 Å². The maximum atomic E-state index is 12.7. The molecule has 25 heavy (non-hydrogen) atoms. The number of nitrogens with zero attached hydrogens (tertiary/aromatic N) is 4. The molecule has 9 heteroatoms. The number of nitrogens with one attached hydrogen (secondary N) is 1. The van der Waals surface area contributed by atoms with Crippen LogP contribution in [0.5, 0.6) is 0 Å². The normalized spacial score (nSPS) is 12.7. The minimum absolute atomic E-state index is 0.0288.